The average Bonchev–Trinajstić information content (AvgIpc) is 2.72. The van der Waals surface area contributed by atoms with E-state index in [1.54, 1.807) is 0 Å². The van der Waals surface area contributed by atoms with Gasteiger partial charge >= 0.3 is 0 Å². The van der Waals surface area contributed by atoms with Gasteiger partial charge < -0.3 is 4.90 Å². The molecule has 0 radical (unpaired) electrons. The van der Waals surface area contributed by atoms with E-state index in [9.17, 15) is 0 Å². The molecule has 0 aromatic heterocycles. The maximum atomic E-state index is 6.55. The molecule has 2 aromatic carbocycles. The Balaban J connectivity index is 1.87. The lowest BCUT2D eigenvalue weighted by Gasteiger charge is -2.30. The molecule has 0 fully saturated rings. The summed E-state index contributed by atoms with van der Waals surface area (Å²) in [6, 6.07) is 15.0. The number of quaternary nitrogens is 1. The fraction of sp³-hybridized carbons (Fsp3) is 0.333. The molecule has 1 heterocycles. The first-order valence-electron chi connectivity index (χ1n) is 7.66. The highest BCUT2D eigenvalue weighted by molar-refractivity contribution is 6.38. The first-order valence-corrected chi connectivity index (χ1v) is 8.42. The van der Waals surface area contributed by atoms with Crippen LogP contribution in [0.1, 0.15) is 18.9 Å². The second-order valence-electron chi connectivity index (χ2n) is 6.22. The second kappa shape index (κ2) is 6.11. The van der Waals surface area contributed by atoms with Crippen LogP contribution in [-0.2, 0) is 6.54 Å². The Morgan fingerprint density at radius 1 is 1.09 bits per heavy atom. The van der Waals surface area contributed by atoms with Gasteiger partial charge in [0.15, 0.2) is 11.8 Å². The first-order chi connectivity index (χ1) is 10.5. The van der Waals surface area contributed by atoms with E-state index in [4.69, 9.17) is 23.2 Å². The monoisotopic (exact) mass is 335 g/mol. The molecule has 22 heavy (non-hydrogen) atoms. The molecule has 1 unspecified atom stereocenters. The summed E-state index contributed by atoms with van der Waals surface area (Å²) in [5.41, 5.74) is 1.28. The summed E-state index contributed by atoms with van der Waals surface area (Å²) >= 11 is 13.0. The number of nitrogens with zero attached hydrogens (tertiary/aromatic N) is 2. The summed E-state index contributed by atoms with van der Waals surface area (Å²) < 4.78 is 0.638. The fourth-order valence-corrected chi connectivity index (χ4v) is 3.73. The van der Waals surface area contributed by atoms with Gasteiger partial charge in [0.25, 0.3) is 0 Å². The third-order valence-corrected chi connectivity index (χ3v) is 5.35. The summed E-state index contributed by atoms with van der Waals surface area (Å²) in [6.07, 6.45) is 1.07. The molecule has 2 aromatic rings. The molecular weight excluding hydrogens is 315 g/mol. The smallest absolute Gasteiger partial charge is 0.238 e. The number of hydrogen-bond donors (Lipinski definition) is 0. The third-order valence-electron chi connectivity index (χ3n) is 4.24. The molecule has 0 saturated carbocycles. The lowest BCUT2D eigenvalue weighted by atomic mass is 10.1. The zero-order chi connectivity index (χ0) is 15.7. The van der Waals surface area contributed by atoms with Crippen molar-refractivity contribution in [1.82, 2.24) is 4.90 Å². The van der Waals surface area contributed by atoms with Crippen molar-refractivity contribution < 1.29 is 4.48 Å². The van der Waals surface area contributed by atoms with Gasteiger partial charge in [0.2, 0.25) is 5.16 Å². The molecule has 116 valence electrons. The van der Waals surface area contributed by atoms with Gasteiger partial charge in [-0.3, -0.25) is 4.48 Å². The number of rotatable bonds is 4. The van der Waals surface area contributed by atoms with Crippen molar-refractivity contribution in [1.29, 1.82) is 0 Å². The lowest BCUT2D eigenvalue weighted by Crippen LogP contribution is -2.42. The van der Waals surface area contributed by atoms with E-state index in [-0.39, 0.29) is 0 Å². The Bertz CT molecular complexity index is 726. The number of halogens is 2. The number of benzene rings is 2. The minimum Gasteiger partial charge on any atom is -0.309 e. The van der Waals surface area contributed by atoms with Crippen LogP contribution in [0.4, 0.5) is 0 Å². The van der Waals surface area contributed by atoms with Gasteiger partial charge in [-0.15, -0.1) is 0 Å². The van der Waals surface area contributed by atoms with Crippen LogP contribution in [0.3, 0.4) is 0 Å². The SMILES string of the molecule is CCCN1C[N+](C)(Cc2ccc3ccccc3c2)C(Cl)=C1Cl. The van der Waals surface area contributed by atoms with Crippen molar-refractivity contribution in [2.75, 3.05) is 20.3 Å². The summed E-state index contributed by atoms with van der Waals surface area (Å²) in [5, 5.41) is 3.97. The Hall–Kier alpha value is -1.22. The molecule has 3 rings (SSSR count). The van der Waals surface area contributed by atoms with E-state index < -0.39 is 0 Å². The van der Waals surface area contributed by atoms with E-state index in [0.717, 1.165) is 31.3 Å². The van der Waals surface area contributed by atoms with E-state index in [2.05, 4.69) is 61.3 Å². The molecule has 1 aliphatic rings. The van der Waals surface area contributed by atoms with Gasteiger partial charge in [-0.1, -0.05) is 54.9 Å². The van der Waals surface area contributed by atoms with E-state index in [0.29, 0.717) is 9.64 Å². The highest BCUT2D eigenvalue weighted by atomic mass is 35.5. The lowest BCUT2D eigenvalue weighted by molar-refractivity contribution is -0.881. The van der Waals surface area contributed by atoms with Crippen LogP contribution in [-0.4, -0.2) is 29.6 Å². The van der Waals surface area contributed by atoms with Crippen LogP contribution in [0.15, 0.2) is 52.8 Å². The normalized spacial score (nSPS) is 21.9. The maximum Gasteiger partial charge on any atom is 0.238 e. The summed E-state index contributed by atoms with van der Waals surface area (Å²) in [4.78, 5) is 2.17. The third kappa shape index (κ3) is 2.83. The largest absolute Gasteiger partial charge is 0.309 e. The average molecular weight is 336 g/mol. The van der Waals surface area contributed by atoms with E-state index in [1.807, 2.05) is 0 Å². The van der Waals surface area contributed by atoms with Gasteiger partial charge in [0, 0.05) is 12.1 Å². The molecule has 0 saturated heterocycles. The van der Waals surface area contributed by atoms with Crippen LogP contribution in [0, 0.1) is 0 Å². The molecule has 0 aliphatic carbocycles. The van der Waals surface area contributed by atoms with Gasteiger partial charge in [-0.05, 0) is 34.9 Å². The van der Waals surface area contributed by atoms with Crippen molar-refractivity contribution in [2.45, 2.75) is 19.9 Å². The van der Waals surface area contributed by atoms with Gasteiger partial charge in [-0.2, -0.15) is 0 Å². The topological polar surface area (TPSA) is 3.24 Å². The predicted octanol–water partition coefficient (Wildman–Crippen LogP) is 5.07. The van der Waals surface area contributed by atoms with Gasteiger partial charge in [0.05, 0.1) is 7.05 Å². The molecule has 2 nitrogen and oxygen atoms in total. The Morgan fingerprint density at radius 2 is 1.82 bits per heavy atom. The summed E-state index contributed by atoms with van der Waals surface area (Å²) in [6.45, 7) is 4.78. The van der Waals surface area contributed by atoms with E-state index >= 15 is 0 Å². The van der Waals surface area contributed by atoms with Crippen LogP contribution in [0.2, 0.25) is 0 Å². The molecule has 1 atom stereocenters. The van der Waals surface area contributed by atoms with Crippen molar-refractivity contribution in [2.24, 2.45) is 0 Å². The second-order valence-corrected chi connectivity index (χ2v) is 6.94. The summed E-state index contributed by atoms with van der Waals surface area (Å²) in [5.74, 6) is 0. The predicted molar refractivity (Wildman–Crippen MR) is 94.4 cm³/mol. The van der Waals surface area contributed by atoms with Crippen molar-refractivity contribution in [3.05, 3.63) is 58.3 Å². The molecule has 0 bridgehead atoms. The minimum atomic E-state index is 0.638. The van der Waals surface area contributed by atoms with Gasteiger partial charge in [-0.25, -0.2) is 0 Å². The standard InChI is InChI=1S/C18H21Cl2N2/c1-3-10-21-13-22(2,18(20)17(21)19)12-14-8-9-15-6-4-5-7-16(15)11-14/h4-9,11H,3,10,12-13H2,1-2H3/q+1. The van der Waals surface area contributed by atoms with Crippen LogP contribution < -0.4 is 0 Å². The number of hydrogen-bond acceptors (Lipinski definition) is 1. The quantitative estimate of drug-likeness (QED) is 0.556. The van der Waals surface area contributed by atoms with Crippen molar-refractivity contribution in [3.8, 4) is 0 Å². The fourth-order valence-electron chi connectivity index (χ4n) is 3.15. The highest BCUT2D eigenvalue weighted by Crippen LogP contribution is 2.37. The summed E-state index contributed by atoms with van der Waals surface area (Å²) in [7, 11) is 2.15. The van der Waals surface area contributed by atoms with Crippen LogP contribution >= 0.6 is 23.2 Å². The van der Waals surface area contributed by atoms with E-state index in [1.165, 1.54) is 16.3 Å². The molecule has 0 amide bonds. The zero-order valence-electron chi connectivity index (χ0n) is 13.0. The van der Waals surface area contributed by atoms with Crippen LogP contribution in [0.25, 0.3) is 10.8 Å². The Kier molecular flexibility index (Phi) is 4.35. The minimum absolute atomic E-state index is 0.638. The maximum absolute atomic E-state index is 6.55. The van der Waals surface area contributed by atoms with Gasteiger partial charge in [0.1, 0.15) is 6.54 Å². The molecular formula is C18H21Cl2N2+. The molecule has 0 N–H and O–H groups in total. The zero-order valence-corrected chi connectivity index (χ0v) is 14.5. The highest BCUT2D eigenvalue weighted by Gasteiger charge is 2.40. The molecule has 0 spiro atoms. The van der Waals surface area contributed by atoms with Crippen molar-refractivity contribution >= 4 is 34.0 Å². The first kappa shape index (κ1) is 15.7. The van der Waals surface area contributed by atoms with Crippen LogP contribution in [0.5, 0.6) is 0 Å². The number of fused-ring (bicyclic) bond motifs is 1. The molecule has 4 heteroatoms. The molecule has 1 aliphatic heterocycles. The Labute approximate surface area is 142 Å². The van der Waals surface area contributed by atoms with Crippen molar-refractivity contribution in [3.63, 3.8) is 0 Å². The Morgan fingerprint density at radius 3 is 2.55 bits per heavy atom.